The van der Waals surface area contributed by atoms with E-state index in [0.29, 0.717) is 5.56 Å². The van der Waals surface area contributed by atoms with Crippen LogP contribution in [-0.4, -0.2) is 22.0 Å². The zero-order valence-electron chi connectivity index (χ0n) is 19.1. The van der Waals surface area contributed by atoms with Crippen LogP contribution in [0.1, 0.15) is 59.3 Å². The smallest absolute Gasteiger partial charge is 0.331 e. The first-order valence-corrected chi connectivity index (χ1v) is 11.4. The van der Waals surface area contributed by atoms with Crippen LogP contribution in [0.3, 0.4) is 0 Å². The third-order valence-electron chi connectivity index (χ3n) is 6.54. The van der Waals surface area contributed by atoms with Crippen molar-refractivity contribution >= 4 is 39.3 Å². The Hall–Kier alpha value is -3.73. The topological polar surface area (TPSA) is 60.7 Å². The van der Waals surface area contributed by atoms with Crippen molar-refractivity contribution in [2.75, 3.05) is 0 Å². The minimum Gasteiger partial charge on any atom is -0.341 e. The molecule has 0 amide bonds. The Kier molecular flexibility index (Phi) is 5.33. The Labute approximate surface area is 192 Å². The normalized spacial score (nSPS) is 14.6. The Morgan fingerprint density at radius 3 is 2.58 bits per heavy atom. The molecule has 1 aliphatic carbocycles. The van der Waals surface area contributed by atoms with Crippen LogP contribution in [0.15, 0.2) is 59.8 Å². The molecule has 0 atom stereocenters. The first-order valence-electron chi connectivity index (χ1n) is 11.4. The second kappa shape index (κ2) is 8.32. The molecule has 5 nitrogen and oxygen atoms in total. The summed E-state index contributed by atoms with van der Waals surface area (Å²) in [6.07, 6.45) is 2.63. The standard InChI is InChI=1S/C28H26N2O3/c1-4-30-25-14-12-19(28(32)20-9-6-5-8-17(20)2)16-23(25)27-22-10-7-11-24(29-33-18(3)31)21(22)13-15-26(27)30/h5-6,8-9,12-16H,4,7,10-11H2,1-3H3/b29-24+. The van der Waals surface area contributed by atoms with Crippen molar-refractivity contribution in [2.45, 2.75) is 46.6 Å². The summed E-state index contributed by atoms with van der Waals surface area (Å²) in [5.74, 6) is -0.382. The lowest BCUT2D eigenvalue weighted by atomic mass is 9.87. The molecule has 0 N–H and O–H groups in total. The number of nitrogens with zero attached hydrogens (tertiary/aromatic N) is 2. The van der Waals surface area contributed by atoms with Crippen LogP contribution < -0.4 is 0 Å². The Morgan fingerprint density at radius 2 is 1.82 bits per heavy atom. The van der Waals surface area contributed by atoms with Crippen molar-refractivity contribution in [3.8, 4) is 0 Å². The fourth-order valence-electron chi connectivity index (χ4n) is 5.04. The number of hydrogen-bond donors (Lipinski definition) is 0. The molecule has 0 unspecified atom stereocenters. The van der Waals surface area contributed by atoms with Crippen molar-refractivity contribution in [3.05, 3.63) is 82.4 Å². The summed E-state index contributed by atoms with van der Waals surface area (Å²) < 4.78 is 2.30. The minimum absolute atomic E-state index is 0.0364. The molecule has 166 valence electrons. The van der Waals surface area contributed by atoms with E-state index in [1.165, 1.54) is 17.9 Å². The second-order valence-corrected chi connectivity index (χ2v) is 8.58. The van der Waals surface area contributed by atoms with Gasteiger partial charge in [0, 0.05) is 52.0 Å². The third-order valence-corrected chi connectivity index (χ3v) is 6.54. The molecule has 0 saturated carbocycles. The molecular formula is C28H26N2O3. The van der Waals surface area contributed by atoms with Crippen LogP contribution in [0.5, 0.6) is 0 Å². The highest BCUT2D eigenvalue weighted by Gasteiger charge is 2.23. The SMILES string of the molecule is CCn1c2ccc(C(=O)c3ccccc3C)cc2c2c3c(ccc21)/C(=N/OC(C)=O)CCC3. The van der Waals surface area contributed by atoms with Crippen molar-refractivity contribution in [3.63, 3.8) is 0 Å². The van der Waals surface area contributed by atoms with E-state index < -0.39 is 5.97 Å². The van der Waals surface area contributed by atoms with Gasteiger partial charge in [0.15, 0.2) is 5.78 Å². The van der Waals surface area contributed by atoms with Gasteiger partial charge < -0.3 is 9.40 Å². The molecule has 3 aromatic carbocycles. The first-order chi connectivity index (χ1) is 16.0. The number of carbonyl (C=O) groups excluding carboxylic acids is 2. The van der Waals surface area contributed by atoms with Crippen molar-refractivity contribution in [2.24, 2.45) is 5.16 Å². The molecule has 4 aromatic rings. The summed E-state index contributed by atoms with van der Waals surface area (Å²) in [7, 11) is 0. The molecule has 0 spiro atoms. The molecule has 0 fully saturated rings. The van der Waals surface area contributed by atoms with Gasteiger partial charge >= 0.3 is 5.97 Å². The monoisotopic (exact) mass is 438 g/mol. The molecule has 0 radical (unpaired) electrons. The molecule has 1 aliphatic rings. The van der Waals surface area contributed by atoms with Gasteiger partial charge in [0.05, 0.1) is 5.71 Å². The zero-order chi connectivity index (χ0) is 23.1. The summed E-state index contributed by atoms with van der Waals surface area (Å²) in [5.41, 5.74) is 7.71. The lowest BCUT2D eigenvalue weighted by Gasteiger charge is -2.18. The fraction of sp³-hybridized carbons (Fsp3) is 0.250. The summed E-state index contributed by atoms with van der Waals surface area (Å²) in [5, 5.41) is 6.39. The van der Waals surface area contributed by atoms with E-state index in [1.54, 1.807) is 0 Å². The van der Waals surface area contributed by atoms with Gasteiger partial charge in [-0.1, -0.05) is 35.5 Å². The number of hydrogen-bond acceptors (Lipinski definition) is 4. The van der Waals surface area contributed by atoms with Gasteiger partial charge in [-0.25, -0.2) is 4.79 Å². The molecule has 1 aromatic heterocycles. The number of aryl methyl sites for hydroxylation is 3. The maximum absolute atomic E-state index is 13.3. The van der Waals surface area contributed by atoms with Crippen molar-refractivity contribution in [1.29, 1.82) is 0 Å². The van der Waals surface area contributed by atoms with Gasteiger partial charge in [-0.2, -0.15) is 0 Å². The summed E-state index contributed by atoms with van der Waals surface area (Å²) >= 11 is 0. The van der Waals surface area contributed by atoms with Gasteiger partial charge in [-0.15, -0.1) is 0 Å². The first kappa shape index (κ1) is 21.1. The van der Waals surface area contributed by atoms with Gasteiger partial charge in [-0.3, -0.25) is 4.79 Å². The van der Waals surface area contributed by atoms with Gasteiger partial charge in [0.1, 0.15) is 0 Å². The molecule has 1 heterocycles. The van der Waals surface area contributed by atoms with Crippen molar-refractivity contribution < 1.29 is 14.4 Å². The average Bonchev–Trinajstić information content (AvgIpc) is 3.15. The fourth-order valence-corrected chi connectivity index (χ4v) is 5.04. The Balaban J connectivity index is 1.74. The largest absolute Gasteiger partial charge is 0.341 e. The highest BCUT2D eigenvalue weighted by Crippen LogP contribution is 2.37. The highest BCUT2D eigenvalue weighted by molar-refractivity contribution is 6.18. The Bertz CT molecular complexity index is 1460. The maximum atomic E-state index is 13.3. The zero-order valence-corrected chi connectivity index (χ0v) is 19.1. The van der Waals surface area contributed by atoms with E-state index in [9.17, 15) is 9.59 Å². The minimum atomic E-state index is -0.419. The number of carbonyl (C=O) groups is 2. The van der Waals surface area contributed by atoms with Crippen LogP contribution in [0.2, 0.25) is 0 Å². The van der Waals surface area contributed by atoms with Gasteiger partial charge in [-0.05, 0) is 68.5 Å². The molecule has 33 heavy (non-hydrogen) atoms. The number of ketones is 1. The lowest BCUT2D eigenvalue weighted by Crippen LogP contribution is -2.13. The van der Waals surface area contributed by atoms with Gasteiger partial charge in [0.2, 0.25) is 0 Å². The molecular weight excluding hydrogens is 412 g/mol. The highest BCUT2D eigenvalue weighted by atomic mass is 16.7. The number of benzene rings is 3. The van der Waals surface area contributed by atoms with Crippen LogP contribution in [0.25, 0.3) is 21.8 Å². The van der Waals surface area contributed by atoms with Crippen molar-refractivity contribution in [1.82, 2.24) is 4.57 Å². The molecule has 0 aliphatic heterocycles. The third kappa shape index (κ3) is 3.54. The predicted molar refractivity (Wildman–Crippen MR) is 131 cm³/mol. The van der Waals surface area contributed by atoms with Crippen LogP contribution >= 0.6 is 0 Å². The summed E-state index contributed by atoms with van der Waals surface area (Å²) in [6.45, 7) is 6.30. The molecule has 5 rings (SSSR count). The Morgan fingerprint density at radius 1 is 1.03 bits per heavy atom. The van der Waals surface area contributed by atoms with E-state index in [4.69, 9.17) is 4.84 Å². The predicted octanol–water partition coefficient (Wildman–Crippen LogP) is 5.96. The summed E-state index contributed by atoms with van der Waals surface area (Å²) in [4.78, 5) is 29.6. The van der Waals surface area contributed by atoms with Gasteiger partial charge in [0.25, 0.3) is 0 Å². The van der Waals surface area contributed by atoms with Crippen LogP contribution in [-0.2, 0) is 22.6 Å². The van der Waals surface area contributed by atoms with Crippen LogP contribution in [0, 0.1) is 6.92 Å². The van der Waals surface area contributed by atoms with E-state index in [-0.39, 0.29) is 5.78 Å². The number of aromatic nitrogens is 1. The average molecular weight is 439 g/mol. The lowest BCUT2D eigenvalue weighted by molar-refractivity contribution is -0.140. The van der Waals surface area contributed by atoms with E-state index in [1.807, 2.05) is 43.3 Å². The summed E-state index contributed by atoms with van der Waals surface area (Å²) in [6, 6.07) is 17.9. The second-order valence-electron chi connectivity index (χ2n) is 8.58. The molecule has 5 heteroatoms. The van der Waals surface area contributed by atoms with E-state index in [2.05, 4.69) is 34.8 Å². The number of oxime groups is 1. The maximum Gasteiger partial charge on any atom is 0.331 e. The quantitative estimate of drug-likeness (QED) is 0.224. The molecule has 0 saturated heterocycles. The molecule has 0 bridgehead atoms. The van der Waals surface area contributed by atoms with E-state index in [0.717, 1.165) is 64.6 Å². The number of fused-ring (bicyclic) bond motifs is 5. The number of rotatable bonds is 4. The van der Waals surface area contributed by atoms with E-state index >= 15 is 0 Å². The van der Waals surface area contributed by atoms with Crippen LogP contribution in [0.4, 0.5) is 0 Å².